The van der Waals surface area contributed by atoms with Crippen molar-refractivity contribution in [1.82, 2.24) is 15.2 Å². The molecule has 1 atom stereocenters. The summed E-state index contributed by atoms with van der Waals surface area (Å²) in [5.41, 5.74) is 4.12. The minimum atomic E-state index is 0.550. The number of benzene rings is 1. The molecule has 0 bridgehead atoms. The van der Waals surface area contributed by atoms with Crippen molar-refractivity contribution < 1.29 is 0 Å². The van der Waals surface area contributed by atoms with Crippen molar-refractivity contribution in [3.63, 3.8) is 0 Å². The van der Waals surface area contributed by atoms with E-state index in [2.05, 4.69) is 58.6 Å². The number of pyridine rings is 1. The second kappa shape index (κ2) is 6.83. The predicted molar refractivity (Wildman–Crippen MR) is 86.2 cm³/mol. The van der Waals surface area contributed by atoms with Gasteiger partial charge in [-0.1, -0.05) is 30.3 Å². The summed E-state index contributed by atoms with van der Waals surface area (Å²) in [6.45, 7) is 3.13. The van der Waals surface area contributed by atoms with E-state index in [0.717, 1.165) is 32.5 Å². The Bertz CT molecular complexity index is 568. The highest BCUT2D eigenvalue weighted by atomic mass is 15.1. The number of hydrogen-bond donors (Lipinski definition) is 1. The summed E-state index contributed by atoms with van der Waals surface area (Å²) < 4.78 is 0. The minimum Gasteiger partial charge on any atom is -0.308 e. The molecule has 0 fully saturated rings. The number of hydrogen-bond acceptors (Lipinski definition) is 3. The molecule has 1 aromatic heterocycles. The maximum atomic E-state index is 4.38. The summed E-state index contributed by atoms with van der Waals surface area (Å²) >= 11 is 0. The first-order chi connectivity index (χ1) is 10.3. The second-order valence-electron chi connectivity index (χ2n) is 5.88. The van der Waals surface area contributed by atoms with Gasteiger partial charge >= 0.3 is 0 Å². The van der Waals surface area contributed by atoms with Crippen LogP contribution in [0.4, 0.5) is 0 Å². The van der Waals surface area contributed by atoms with Crippen LogP contribution in [0.2, 0.25) is 0 Å². The number of nitrogens with one attached hydrogen (secondary N) is 1. The van der Waals surface area contributed by atoms with E-state index in [-0.39, 0.29) is 0 Å². The molecule has 1 aliphatic heterocycles. The van der Waals surface area contributed by atoms with Gasteiger partial charge < -0.3 is 10.2 Å². The van der Waals surface area contributed by atoms with Gasteiger partial charge in [-0.15, -0.1) is 0 Å². The molecule has 21 heavy (non-hydrogen) atoms. The number of rotatable bonds is 5. The molecule has 2 aromatic rings. The molecule has 3 nitrogen and oxygen atoms in total. The van der Waals surface area contributed by atoms with Crippen LogP contribution >= 0.6 is 0 Å². The zero-order chi connectivity index (χ0) is 14.5. The Labute approximate surface area is 127 Å². The van der Waals surface area contributed by atoms with E-state index in [0.29, 0.717) is 6.04 Å². The molecule has 0 spiro atoms. The molecule has 1 aromatic carbocycles. The van der Waals surface area contributed by atoms with Crippen molar-refractivity contribution in [2.75, 3.05) is 20.1 Å². The lowest BCUT2D eigenvalue weighted by Gasteiger charge is -2.29. The fraction of sp³-hybridized carbons (Fsp3) is 0.389. The molecule has 0 radical (unpaired) electrons. The lowest BCUT2D eigenvalue weighted by atomic mass is 9.95. The second-order valence-corrected chi connectivity index (χ2v) is 5.88. The van der Waals surface area contributed by atoms with Crippen LogP contribution in [0.1, 0.15) is 16.8 Å². The van der Waals surface area contributed by atoms with Crippen LogP contribution in [0.25, 0.3) is 0 Å². The number of nitrogens with zero attached hydrogens (tertiary/aromatic N) is 2. The average Bonchev–Trinajstić information content (AvgIpc) is 2.54. The number of fused-ring (bicyclic) bond motifs is 1. The highest BCUT2D eigenvalue weighted by molar-refractivity contribution is 5.29. The Morgan fingerprint density at radius 2 is 1.95 bits per heavy atom. The Balaban J connectivity index is 1.49. The Hall–Kier alpha value is -1.71. The topological polar surface area (TPSA) is 28.2 Å². The summed E-state index contributed by atoms with van der Waals surface area (Å²) in [5, 5.41) is 3.65. The molecule has 1 aliphatic rings. The number of likely N-dealkylation sites (N-methyl/N-ethyl adjacent to an activating group) is 1. The smallest absolute Gasteiger partial charge is 0.0416 e. The van der Waals surface area contributed by atoms with Gasteiger partial charge in [-0.2, -0.15) is 0 Å². The van der Waals surface area contributed by atoms with Gasteiger partial charge in [-0.3, -0.25) is 4.98 Å². The zero-order valence-corrected chi connectivity index (χ0v) is 12.6. The van der Waals surface area contributed by atoms with Gasteiger partial charge in [-0.05, 0) is 36.7 Å². The number of aromatic nitrogens is 1. The summed E-state index contributed by atoms with van der Waals surface area (Å²) in [7, 11) is 2.20. The molecule has 3 rings (SSSR count). The van der Waals surface area contributed by atoms with Crippen molar-refractivity contribution in [1.29, 1.82) is 0 Å². The first-order valence-electron chi connectivity index (χ1n) is 7.70. The fourth-order valence-corrected chi connectivity index (χ4v) is 2.97. The molecule has 0 saturated heterocycles. The first kappa shape index (κ1) is 14.2. The van der Waals surface area contributed by atoms with Crippen LogP contribution in [-0.4, -0.2) is 36.1 Å². The van der Waals surface area contributed by atoms with E-state index >= 15 is 0 Å². The van der Waals surface area contributed by atoms with E-state index in [1.54, 1.807) is 0 Å². The maximum Gasteiger partial charge on any atom is 0.0416 e. The Kier molecular flexibility index (Phi) is 4.63. The van der Waals surface area contributed by atoms with E-state index in [1.807, 2.05) is 12.3 Å². The molecule has 0 aliphatic carbocycles. The van der Waals surface area contributed by atoms with E-state index < -0.39 is 0 Å². The van der Waals surface area contributed by atoms with Crippen molar-refractivity contribution in [3.8, 4) is 0 Å². The highest BCUT2D eigenvalue weighted by Crippen LogP contribution is 2.16. The first-order valence-corrected chi connectivity index (χ1v) is 7.70. The molecule has 2 heterocycles. The molecule has 1 unspecified atom stereocenters. The van der Waals surface area contributed by atoms with Crippen molar-refractivity contribution in [2.45, 2.75) is 25.4 Å². The fourth-order valence-electron chi connectivity index (χ4n) is 2.97. The monoisotopic (exact) mass is 281 g/mol. The maximum absolute atomic E-state index is 4.38. The quantitative estimate of drug-likeness (QED) is 0.911. The van der Waals surface area contributed by atoms with Gasteiger partial charge in [0.25, 0.3) is 0 Å². The summed E-state index contributed by atoms with van der Waals surface area (Å²) in [6, 6.07) is 15.4. The third-order valence-corrected chi connectivity index (χ3v) is 4.17. The van der Waals surface area contributed by atoms with Crippen LogP contribution < -0.4 is 5.32 Å². The van der Waals surface area contributed by atoms with Gasteiger partial charge in [0.2, 0.25) is 0 Å². The van der Waals surface area contributed by atoms with Crippen LogP contribution in [0.5, 0.6) is 0 Å². The molecule has 1 N–H and O–H groups in total. The molecular weight excluding hydrogens is 258 g/mol. The van der Waals surface area contributed by atoms with Crippen molar-refractivity contribution in [2.24, 2.45) is 0 Å². The van der Waals surface area contributed by atoms with Crippen LogP contribution in [0.15, 0.2) is 48.7 Å². The molecule has 3 heteroatoms. The molecule has 110 valence electrons. The average molecular weight is 281 g/mol. The standard InChI is InChI=1S/C18H23N3/c1-21(11-9-17-8-4-5-10-19-17)14-18-12-15-6-2-3-7-16(15)13-20-18/h2-8,10,18,20H,9,11-14H2,1H3. The van der Waals surface area contributed by atoms with Gasteiger partial charge in [0, 0.05) is 44.0 Å². The van der Waals surface area contributed by atoms with Crippen LogP contribution in [-0.2, 0) is 19.4 Å². The summed E-state index contributed by atoms with van der Waals surface area (Å²) in [4.78, 5) is 6.79. The van der Waals surface area contributed by atoms with Crippen molar-refractivity contribution >= 4 is 0 Å². The van der Waals surface area contributed by atoms with Gasteiger partial charge in [0.05, 0.1) is 0 Å². The molecule has 0 saturated carbocycles. The third-order valence-electron chi connectivity index (χ3n) is 4.17. The molecule has 0 amide bonds. The lowest BCUT2D eigenvalue weighted by Crippen LogP contribution is -2.44. The normalized spacial score (nSPS) is 17.7. The predicted octanol–water partition coefficient (Wildman–Crippen LogP) is 2.27. The van der Waals surface area contributed by atoms with E-state index in [1.165, 1.54) is 16.8 Å². The molecular formula is C18H23N3. The largest absolute Gasteiger partial charge is 0.308 e. The zero-order valence-electron chi connectivity index (χ0n) is 12.6. The van der Waals surface area contributed by atoms with Crippen LogP contribution in [0, 0.1) is 0 Å². The van der Waals surface area contributed by atoms with Crippen LogP contribution in [0.3, 0.4) is 0 Å². The summed E-state index contributed by atoms with van der Waals surface area (Å²) in [5.74, 6) is 0. The van der Waals surface area contributed by atoms with Crippen molar-refractivity contribution in [3.05, 3.63) is 65.5 Å². The summed E-state index contributed by atoms with van der Waals surface area (Å²) in [6.07, 6.45) is 4.01. The van der Waals surface area contributed by atoms with Gasteiger partial charge in [-0.25, -0.2) is 0 Å². The van der Waals surface area contributed by atoms with Gasteiger partial charge in [0.1, 0.15) is 0 Å². The highest BCUT2D eigenvalue weighted by Gasteiger charge is 2.18. The minimum absolute atomic E-state index is 0.550. The van der Waals surface area contributed by atoms with E-state index in [4.69, 9.17) is 0 Å². The van der Waals surface area contributed by atoms with Gasteiger partial charge in [0.15, 0.2) is 0 Å². The third kappa shape index (κ3) is 3.90. The Morgan fingerprint density at radius 1 is 1.14 bits per heavy atom. The Morgan fingerprint density at radius 3 is 2.76 bits per heavy atom. The van der Waals surface area contributed by atoms with E-state index in [9.17, 15) is 0 Å². The SMILES string of the molecule is CN(CCc1ccccn1)CC1Cc2ccccc2CN1. The lowest BCUT2D eigenvalue weighted by molar-refractivity contribution is 0.282.